The molecule has 0 N–H and O–H groups in total. The van der Waals surface area contributed by atoms with E-state index in [0.717, 1.165) is 27.1 Å². The number of hydrogen-bond donors (Lipinski definition) is 0. The van der Waals surface area contributed by atoms with E-state index in [2.05, 4.69) is 44.2 Å². The summed E-state index contributed by atoms with van der Waals surface area (Å²) in [5.74, 6) is 0.123. The van der Waals surface area contributed by atoms with Crippen LogP contribution in [-0.4, -0.2) is 11.7 Å². The highest BCUT2D eigenvalue weighted by Crippen LogP contribution is 2.45. The molecular weight excluding hydrogens is 340 g/mol. The Labute approximate surface area is 158 Å². The standard InChI is InChI=1S/C23H20O2S/c1-15-11-12-16(2)21(13-15)26-14-22(24)25-23-19-9-5-3-7-17(19)18-8-4-6-10-20(18)23/h3-13,23H,14H2,1-2H3. The van der Waals surface area contributed by atoms with Gasteiger partial charge in [0.15, 0.2) is 6.10 Å². The number of ether oxygens (including phenoxy) is 1. The summed E-state index contributed by atoms with van der Waals surface area (Å²) >= 11 is 1.54. The molecule has 0 amide bonds. The van der Waals surface area contributed by atoms with Crippen LogP contribution >= 0.6 is 11.8 Å². The third-order valence-corrected chi connectivity index (χ3v) is 5.85. The number of benzene rings is 3. The largest absolute Gasteiger partial charge is 0.452 e. The lowest BCUT2D eigenvalue weighted by molar-refractivity contribution is -0.144. The monoisotopic (exact) mass is 360 g/mol. The Balaban J connectivity index is 1.52. The van der Waals surface area contributed by atoms with E-state index in [4.69, 9.17) is 4.74 Å². The van der Waals surface area contributed by atoms with E-state index >= 15 is 0 Å². The first-order valence-corrected chi connectivity index (χ1v) is 9.70. The van der Waals surface area contributed by atoms with Crippen LogP contribution in [0, 0.1) is 13.8 Å². The Kier molecular flexibility index (Phi) is 4.56. The van der Waals surface area contributed by atoms with Crippen molar-refractivity contribution in [1.82, 2.24) is 0 Å². The number of rotatable bonds is 4. The van der Waals surface area contributed by atoms with Gasteiger partial charge in [-0.2, -0.15) is 0 Å². The predicted molar refractivity (Wildman–Crippen MR) is 106 cm³/mol. The van der Waals surface area contributed by atoms with E-state index in [-0.39, 0.29) is 12.1 Å². The molecule has 0 aromatic heterocycles. The van der Waals surface area contributed by atoms with Gasteiger partial charge in [0.1, 0.15) is 0 Å². The van der Waals surface area contributed by atoms with Crippen molar-refractivity contribution < 1.29 is 9.53 Å². The number of carbonyl (C=O) groups excluding carboxylic acids is 1. The molecule has 26 heavy (non-hydrogen) atoms. The number of thioether (sulfide) groups is 1. The van der Waals surface area contributed by atoms with Crippen LogP contribution in [0.5, 0.6) is 0 Å². The van der Waals surface area contributed by atoms with E-state index < -0.39 is 0 Å². The molecule has 3 aromatic rings. The zero-order chi connectivity index (χ0) is 18.1. The molecule has 1 aliphatic carbocycles. The first kappa shape index (κ1) is 16.9. The first-order valence-electron chi connectivity index (χ1n) is 8.71. The minimum atomic E-state index is -0.311. The van der Waals surface area contributed by atoms with E-state index in [1.807, 2.05) is 36.4 Å². The fourth-order valence-corrected chi connectivity index (χ4v) is 4.31. The summed E-state index contributed by atoms with van der Waals surface area (Å²) in [6.07, 6.45) is -0.311. The molecule has 3 heteroatoms. The lowest BCUT2D eigenvalue weighted by Crippen LogP contribution is -2.12. The van der Waals surface area contributed by atoms with Crippen molar-refractivity contribution in [3.05, 3.63) is 89.0 Å². The topological polar surface area (TPSA) is 26.3 Å². The molecule has 0 radical (unpaired) electrons. The summed E-state index contributed by atoms with van der Waals surface area (Å²) in [6.45, 7) is 4.13. The zero-order valence-electron chi connectivity index (χ0n) is 14.9. The van der Waals surface area contributed by atoms with Crippen LogP contribution in [-0.2, 0) is 9.53 Å². The van der Waals surface area contributed by atoms with Crippen LogP contribution in [0.15, 0.2) is 71.6 Å². The van der Waals surface area contributed by atoms with Gasteiger partial charge in [-0.15, -0.1) is 11.8 Å². The van der Waals surface area contributed by atoms with Crippen molar-refractivity contribution in [2.75, 3.05) is 5.75 Å². The molecule has 0 heterocycles. The highest BCUT2D eigenvalue weighted by Gasteiger charge is 2.30. The number of aryl methyl sites for hydroxylation is 2. The van der Waals surface area contributed by atoms with Gasteiger partial charge in [-0.05, 0) is 36.6 Å². The highest BCUT2D eigenvalue weighted by atomic mass is 32.2. The smallest absolute Gasteiger partial charge is 0.317 e. The number of esters is 1. The fourth-order valence-electron chi connectivity index (χ4n) is 3.40. The second kappa shape index (κ2) is 7.00. The van der Waals surface area contributed by atoms with E-state index in [0.29, 0.717) is 5.75 Å². The van der Waals surface area contributed by atoms with Crippen LogP contribution in [0.2, 0.25) is 0 Å². The van der Waals surface area contributed by atoms with Crippen molar-refractivity contribution in [3.8, 4) is 11.1 Å². The molecule has 2 nitrogen and oxygen atoms in total. The molecule has 0 bridgehead atoms. The van der Waals surface area contributed by atoms with Gasteiger partial charge < -0.3 is 4.74 Å². The second-order valence-corrected chi connectivity index (χ2v) is 7.62. The maximum atomic E-state index is 12.5. The third kappa shape index (κ3) is 3.15. The fraction of sp³-hybridized carbons (Fsp3) is 0.174. The number of hydrogen-bond acceptors (Lipinski definition) is 3. The quantitative estimate of drug-likeness (QED) is 0.440. The lowest BCUT2D eigenvalue weighted by Gasteiger charge is -2.15. The number of fused-ring (bicyclic) bond motifs is 3. The molecule has 1 aliphatic rings. The Morgan fingerprint density at radius 2 is 1.54 bits per heavy atom. The van der Waals surface area contributed by atoms with Crippen LogP contribution in [0.1, 0.15) is 28.4 Å². The van der Waals surface area contributed by atoms with Gasteiger partial charge in [-0.1, -0.05) is 66.2 Å². The lowest BCUT2D eigenvalue weighted by atomic mass is 10.1. The maximum absolute atomic E-state index is 12.5. The van der Waals surface area contributed by atoms with Gasteiger partial charge in [0, 0.05) is 16.0 Å². The highest BCUT2D eigenvalue weighted by molar-refractivity contribution is 8.00. The van der Waals surface area contributed by atoms with Crippen molar-refractivity contribution in [2.45, 2.75) is 24.8 Å². The first-order chi connectivity index (χ1) is 12.6. The van der Waals surface area contributed by atoms with Crippen molar-refractivity contribution in [1.29, 1.82) is 0 Å². The molecule has 0 unspecified atom stereocenters. The third-order valence-electron chi connectivity index (χ3n) is 4.72. The summed E-state index contributed by atoms with van der Waals surface area (Å²) in [5.41, 5.74) is 6.83. The zero-order valence-corrected chi connectivity index (χ0v) is 15.7. The van der Waals surface area contributed by atoms with E-state index in [1.165, 1.54) is 11.1 Å². The van der Waals surface area contributed by atoms with E-state index in [9.17, 15) is 4.79 Å². The molecule has 0 spiro atoms. The Morgan fingerprint density at radius 3 is 2.19 bits per heavy atom. The molecule has 130 valence electrons. The van der Waals surface area contributed by atoms with Gasteiger partial charge in [0.25, 0.3) is 0 Å². The van der Waals surface area contributed by atoms with Crippen LogP contribution in [0.25, 0.3) is 11.1 Å². The predicted octanol–water partition coefficient (Wildman–Crippen LogP) is 5.71. The molecule has 0 saturated heterocycles. The maximum Gasteiger partial charge on any atom is 0.317 e. The average molecular weight is 360 g/mol. The summed E-state index contributed by atoms with van der Waals surface area (Å²) in [6, 6.07) is 22.6. The normalized spacial score (nSPS) is 12.5. The molecule has 0 atom stereocenters. The molecular formula is C23H20O2S. The van der Waals surface area contributed by atoms with Gasteiger partial charge in [-0.25, -0.2) is 0 Å². The SMILES string of the molecule is Cc1ccc(C)c(SCC(=O)OC2c3ccccc3-c3ccccc32)c1. The summed E-state index contributed by atoms with van der Waals surface area (Å²) in [5, 5.41) is 0. The van der Waals surface area contributed by atoms with Gasteiger partial charge in [0.05, 0.1) is 5.75 Å². The molecule has 0 fully saturated rings. The molecule has 3 aromatic carbocycles. The molecule has 4 rings (SSSR count). The summed E-state index contributed by atoms with van der Waals surface area (Å²) < 4.78 is 5.90. The molecule has 0 aliphatic heterocycles. The van der Waals surface area contributed by atoms with Crippen molar-refractivity contribution in [3.63, 3.8) is 0 Å². The van der Waals surface area contributed by atoms with Gasteiger partial charge in [0.2, 0.25) is 0 Å². The Hall–Kier alpha value is -2.52. The van der Waals surface area contributed by atoms with Gasteiger partial charge in [-0.3, -0.25) is 4.79 Å². The number of carbonyl (C=O) groups is 1. The van der Waals surface area contributed by atoms with Crippen molar-refractivity contribution >= 4 is 17.7 Å². The van der Waals surface area contributed by atoms with Crippen molar-refractivity contribution in [2.24, 2.45) is 0 Å². The van der Waals surface area contributed by atoms with Crippen LogP contribution in [0.3, 0.4) is 0 Å². The minimum Gasteiger partial charge on any atom is -0.452 e. The Morgan fingerprint density at radius 1 is 0.923 bits per heavy atom. The minimum absolute atomic E-state index is 0.188. The molecule has 0 saturated carbocycles. The summed E-state index contributed by atoms with van der Waals surface area (Å²) in [7, 11) is 0. The van der Waals surface area contributed by atoms with Gasteiger partial charge >= 0.3 is 5.97 Å². The Bertz CT molecular complexity index is 932. The second-order valence-electron chi connectivity index (χ2n) is 6.60. The van der Waals surface area contributed by atoms with Crippen LogP contribution in [0.4, 0.5) is 0 Å². The van der Waals surface area contributed by atoms with E-state index in [1.54, 1.807) is 11.8 Å². The van der Waals surface area contributed by atoms with Crippen LogP contribution < -0.4 is 0 Å². The average Bonchev–Trinajstić information content (AvgIpc) is 2.97. The summed E-state index contributed by atoms with van der Waals surface area (Å²) in [4.78, 5) is 13.7.